The Hall–Kier alpha value is -1.69. The normalized spacial score (nSPS) is 10.4. The van der Waals surface area contributed by atoms with Crippen LogP contribution in [-0.4, -0.2) is 15.9 Å². The minimum absolute atomic E-state index is 0.172. The summed E-state index contributed by atoms with van der Waals surface area (Å²) in [6.45, 7) is 1.89. The van der Waals surface area contributed by atoms with Crippen molar-refractivity contribution in [3.63, 3.8) is 0 Å². The van der Waals surface area contributed by atoms with Crippen molar-refractivity contribution in [1.29, 1.82) is 5.41 Å². The van der Waals surface area contributed by atoms with Crippen molar-refractivity contribution in [2.24, 2.45) is 5.73 Å². The maximum Gasteiger partial charge on any atom is 0.230 e. The number of benzene rings is 1. The minimum atomic E-state index is -0.172. The molecule has 1 aromatic heterocycles. The van der Waals surface area contributed by atoms with Gasteiger partial charge < -0.3 is 5.73 Å². The first-order valence-corrected chi connectivity index (χ1v) is 5.40. The second kappa shape index (κ2) is 4.05. The molecule has 4 N–H and O–H groups in total. The lowest BCUT2D eigenvalue weighted by Crippen LogP contribution is -2.22. The van der Waals surface area contributed by atoms with E-state index in [4.69, 9.17) is 11.1 Å². The molecule has 0 amide bonds. The number of aryl methyl sites for hydroxylation is 1. The molecule has 82 valence electrons. The van der Waals surface area contributed by atoms with Crippen molar-refractivity contribution in [2.75, 3.05) is 5.32 Å². The molecule has 1 aromatic carbocycles. The fourth-order valence-electron chi connectivity index (χ4n) is 1.44. The molecule has 0 saturated carbocycles. The fourth-order valence-corrected chi connectivity index (χ4v) is 1.79. The maximum atomic E-state index is 7.13. The third-order valence-electron chi connectivity index (χ3n) is 2.10. The van der Waals surface area contributed by atoms with E-state index in [9.17, 15) is 0 Å². The number of nitrogens with two attached hydrogens (primary N) is 1. The van der Waals surface area contributed by atoms with E-state index in [1.54, 1.807) is 0 Å². The summed E-state index contributed by atoms with van der Waals surface area (Å²) in [6.07, 6.45) is 0. The summed E-state index contributed by atoms with van der Waals surface area (Å²) < 4.78 is 0.951. The van der Waals surface area contributed by atoms with Crippen molar-refractivity contribution in [3.8, 4) is 0 Å². The van der Waals surface area contributed by atoms with Gasteiger partial charge in [-0.05, 0) is 25.1 Å². The number of fused-ring (bicyclic) bond motifs is 1. The van der Waals surface area contributed by atoms with Gasteiger partial charge >= 0.3 is 0 Å². The number of hydrogen-bond donors (Lipinski definition) is 3. The van der Waals surface area contributed by atoms with E-state index < -0.39 is 0 Å². The van der Waals surface area contributed by atoms with E-state index in [0.717, 1.165) is 21.1 Å². The van der Waals surface area contributed by atoms with Gasteiger partial charge in [-0.2, -0.15) is 0 Å². The Bertz CT molecular complexity index is 566. The summed E-state index contributed by atoms with van der Waals surface area (Å²) in [7, 11) is 0. The Labute approximate surface area is 101 Å². The number of halogens is 1. The first kappa shape index (κ1) is 10.8. The minimum Gasteiger partial charge on any atom is -0.370 e. The number of anilines is 1. The molecule has 2 rings (SSSR count). The van der Waals surface area contributed by atoms with Crippen LogP contribution in [0.2, 0.25) is 0 Å². The fraction of sp³-hybridized carbons (Fsp3) is 0.100. The number of hydrogen-bond acceptors (Lipinski definition) is 3. The van der Waals surface area contributed by atoms with Crippen LogP contribution in [0.15, 0.2) is 22.7 Å². The average Bonchev–Trinajstić information content (AvgIpc) is 2.15. The molecule has 0 radical (unpaired) electrons. The Kier molecular flexibility index (Phi) is 2.74. The van der Waals surface area contributed by atoms with Crippen LogP contribution in [0.5, 0.6) is 0 Å². The molecule has 5 nitrogen and oxygen atoms in total. The number of nitrogens with zero attached hydrogens (tertiary/aromatic N) is 2. The summed E-state index contributed by atoms with van der Waals surface area (Å²) in [5.41, 5.74) is 6.89. The first-order valence-electron chi connectivity index (χ1n) is 4.61. The highest BCUT2D eigenvalue weighted by molar-refractivity contribution is 9.10. The van der Waals surface area contributed by atoms with Gasteiger partial charge in [0, 0.05) is 9.86 Å². The van der Waals surface area contributed by atoms with Crippen LogP contribution in [0.25, 0.3) is 10.9 Å². The summed E-state index contributed by atoms with van der Waals surface area (Å²) >= 11 is 3.38. The lowest BCUT2D eigenvalue weighted by atomic mass is 10.2. The second-order valence-corrected chi connectivity index (χ2v) is 4.25. The summed E-state index contributed by atoms with van der Waals surface area (Å²) in [4.78, 5) is 8.48. The predicted octanol–water partition coefficient (Wildman–Crippen LogP) is 2.01. The first-order chi connectivity index (χ1) is 7.56. The predicted molar refractivity (Wildman–Crippen MR) is 67.5 cm³/mol. The molecule has 2 aromatic rings. The Morgan fingerprint density at radius 1 is 1.44 bits per heavy atom. The van der Waals surface area contributed by atoms with Gasteiger partial charge in [0.25, 0.3) is 0 Å². The third-order valence-corrected chi connectivity index (χ3v) is 2.59. The van der Waals surface area contributed by atoms with Crippen LogP contribution in [0.1, 0.15) is 5.69 Å². The SMILES string of the molecule is Cc1nc(NC(=N)N)nc2cc(Br)ccc12. The van der Waals surface area contributed by atoms with E-state index in [0.29, 0.717) is 5.95 Å². The van der Waals surface area contributed by atoms with Gasteiger partial charge in [-0.15, -0.1) is 0 Å². The highest BCUT2D eigenvalue weighted by Gasteiger charge is 2.05. The largest absolute Gasteiger partial charge is 0.370 e. The smallest absolute Gasteiger partial charge is 0.230 e. The number of aromatic nitrogens is 2. The van der Waals surface area contributed by atoms with Crippen LogP contribution in [-0.2, 0) is 0 Å². The molecule has 0 aliphatic rings. The number of nitrogens with one attached hydrogen (secondary N) is 2. The average molecular weight is 280 g/mol. The molecule has 1 heterocycles. The third kappa shape index (κ3) is 2.11. The molecule has 0 fully saturated rings. The zero-order valence-electron chi connectivity index (χ0n) is 8.58. The highest BCUT2D eigenvalue weighted by Crippen LogP contribution is 2.21. The second-order valence-electron chi connectivity index (χ2n) is 3.33. The number of rotatable bonds is 1. The Morgan fingerprint density at radius 2 is 2.19 bits per heavy atom. The maximum absolute atomic E-state index is 7.13. The zero-order valence-corrected chi connectivity index (χ0v) is 10.2. The monoisotopic (exact) mass is 279 g/mol. The van der Waals surface area contributed by atoms with Gasteiger partial charge in [0.05, 0.1) is 11.2 Å². The molecule has 0 aliphatic heterocycles. The standard InChI is InChI=1S/C10H10BrN5/c1-5-7-3-2-6(11)4-8(7)15-10(14-5)16-9(12)13/h2-4H,1H3,(H4,12,13,14,15,16). The van der Waals surface area contributed by atoms with Crippen LogP contribution < -0.4 is 11.1 Å². The number of guanidine groups is 1. The topological polar surface area (TPSA) is 87.7 Å². The van der Waals surface area contributed by atoms with Gasteiger partial charge in [-0.3, -0.25) is 10.7 Å². The van der Waals surface area contributed by atoms with Gasteiger partial charge in [0.15, 0.2) is 5.96 Å². The molecule has 6 heteroatoms. The van der Waals surface area contributed by atoms with Gasteiger partial charge in [-0.25, -0.2) is 9.97 Å². The van der Waals surface area contributed by atoms with E-state index in [-0.39, 0.29) is 5.96 Å². The van der Waals surface area contributed by atoms with Crippen LogP contribution in [0.3, 0.4) is 0 Å². The van der Waals surface area contributed by atoms with Gasteiger partial charge in [0.1, 0.15) is 0 Å². The lowest BCUT2D eigenvalue weighted by molar-refractivity contribution is 1.15. The highest BCUT2D eigenvalue weighted by atomic mass is 79.9. The molecular weight excluding hydrogens is 270 g/mol. The van der Waals surface area contributed by atoms with Gasteiger partial charge in [-0.1, -0.05) is 15.9 Å². The van der Waals surface area contributed by atoms with Gasteiger partial charge in [0.2, 0.25) is 5.95 Å². The molecule has 16 heavy (non-hydrogen) atoms. The Morgan fingerprint density at radius 3 is 2.88 bits per heavy atom. The molecular formula is C10H10BrN5. The van der Waals surface area contributed by atoms with Crippen molar-refractivity contribution >= 4 is 38.7 Å². The van der Waals surface area contributed by atoms with Crippen LogP contribution in [0.4, 0.5) is 5.95 Å². The quantitative estimate of drug-likeness (QED) is 0.550. The van der Waals surface area contributed by atoms with Crippen LogP contribution in [0, 0.1) is 12.3 Å². The van der Waals surface area contributed by atoms with Crippen molar-refractivity contribution in [2.45, 2.75) is 6.92 Å². The lowest BCUT2D eigenvalue weighted by Gasteiger charge is -2.06. The molecule has 0 spiro atoms. The molecule has 0 bridgehead atoms. The van der Waals surface area contributed by atoms with Crippen molar-refractivity contribution < 1.29 is 0 Å². The van der Waals surface area contributed by atoms with Crippen molar-refractivity contribution in [3.05, 3.63) is 28.4 Å². The zero-order chi connectivity index (χ0) is 11.7. The molecule has 0 saturated heterocycles. The molecule has 0 unspecified atom stereocenters. The van der Waals surface area contributed by atoms with Crippen LogP contribution >= 0.6 is 15.9 Å². The summed E-state index contributed by atoms with van der Waals surface area (Å²) in [6, 6.07) is 5.79. The van der Waals surface area contributed by atoms with E-state index in [2.05, 4.69) is 31.2 Å². The molecule has 0 aliphatic carbocycles. The van der Waals surface area contributed by atoms with Crippen molar-refractivity contribution in [1.82, 2.24) is 9.97 Å². The summed E-state index contributed by atoms with van der Waals surface area (Å²) in [5, 5.41) is 10.7. The van der Waals surface area contributed by atoms with E-state index >= 15 is 0 Å². The molecule has 0 atom stereocenters. The Balaban J connectivity index is 2.60. The van der Waals surface area contributed by atoms with E-state index in [1.165, 1.54) is 0 Å². The summed E-state index contributed by atoms with van der Waals surface area (Å²) in [5.74, 6) is 0.171. The van der Waals surface area contributed by atoms with E-state index in [1.807, 2.05) is 25.1 Å².